The number of carbonyl (C=O) groups excluding carboxylic acids is 2. The summed E-state index contributed by atoms with van der Waals surface area (Å²) in [6.45, 7) is 5.88. The van der Waals surface area contributed by atoms with Gasteiger partial charge in [-0.15, -0.1) is 0 Å². The van der Waals surface area contributed by atoms with Gasteiger partial charge in [-0.2, -0.15) is 0 Å². The molecule has 2 aliphatic heterocycles. The number of benzene rings is 1. The molecule has 0 bridgehead atoms. The second kappa shape index (κ2) is 9.57. The SMILES string of the molecule is COc1ccc(N2C[C@H](NC(=O)NCCC[NH+]3CCOCC3)CC2=O)cc1. The normalized spacial score (nSPS) is 20.6. The maximum Gasteiger partial charge on any atom is 0.315 e. The van der Waals surface area contributed by atoms with Crippen LogP contribution in [0.2, 0.25) is 0 Å². The lowest BCUT2D eigenvalue weighted by Gasteiger charge is -2.23. The van der Waals surface area contributed by atoms with Gasteiger partial charge < -0.3 is 29.9 Å². The minimum atomic E-state index is -0.207. The van der Waals surface area contributed by atoms with Crippen molar-refractivity contribution in [1.82, 2.24) is 10.6 Å². The zero-order chi connectivity index (χ0) is 19.1. The highest BCUT2D eigenvalue weighted by atomic mass is 16.5. The average Bonchev–Trinajstić information content (AvgIpc) is 3.06. The van der Waals surface area contributed by atoms with Crippen LogP contribution in [0, 0.1) is 0 Å². The van der Waals surface area contributed by atoms with Gasteiger partial charge in [0.1, 0.15) is 18.8 Å². The molecule has 1 aromatic carbocycles. The minimum absolute atomic E-state index is 0.0152. The van der Waals surface area contributed by atoms with Gasteiger partial charge in [-0.1, -0.05) is 0 Å². The number of anilines is 1. The highest BCUT2D eigenvalue weighted by Crippen LogP contribution is 2.24. The van der Waals surface area contributed by atoms with Gasteiger partial charge in [-0.3, -0.25) is 4.79 Å². The Morgan fingerprint density at radius 3 is 2.74 bits per heavy atom. The molecular weight excluding hydrogens is 348 g/mol. The molecule has 3 amide bonds. The van der Waals surface area contributed by atoms with Crippen molar-refractivity contribution in [1.29, 1.82) is 0 Å². The first-order valence-electron chi connectivity index (χ1n) is 9.56. The van der Waals surface area contributed by atoms with Crippen molar-refractivity contribution in [3.8, 4) is 5.75 Å². The van der Waals surface area contributed by atoms with Crippen LogP contribution in [-0.2, 0) is 9.53 Å². The largest absolute Gasteiger partial charge is 0.497 e. The molecule has 0 spiro atoms. The van der Waals surface area contributed by atoms with E-state index in [0.717, 1.165) is 50.7 Å². The number of morpholine rings is 1. The van der Waals surface area contributed by atoms with E-state index in [1.54, 1.807) is 12.0 Å². The van der Waals surface area contributed by atoms with Gasteiger partial charge in [0.05, 0.1) is 32.9 Å². The summed E-state index contributed by atoms with van der Waals surface area (Å²) in [4.78, 5) is 27.6. The van der Waals surface area contributed by atoms with Crippen LogP contribution in [0.1, 0.15) is 12.8 Å². The topological polar surface area (TPSA) is 84.3 Å². The standard InChI is InChI=1S/C19H28N4O4/c1-26-17-5-3-16(4-6-17)23-14-15(13-18(23)24)21-19(25)20-7-2-8-22-9-11-27-12-10-22/h3-6,15H,2,7-14H2,1H3,(H2,20,21,25)/p+1/t15-/m1/s1. The van der Waals surface area contributed by atoms with Crippen molar-refractivity contribution in [2.75, 3.05) is 57.9 Å². The van der Waals surface area contributed by atoms with Gasteiger partial charge in [-0.05, 0) is 24.3 Å². The summed E-state index contributed by atoms with van der Waals surface area (Å²) in [6.07, 6.45) is 1.25. The van der Waals surface area contributed by atoms with Crippen LogP contribution in [0.3, 0.4) is 0 Å². The molecule has 0 saturated carbocycles. The zero-order valence-corrected chi connectivity index (χ0v) is 15.8. The van der Waals surface area contributed by atoms with Crippen molar-refractivity contribution in [2.45, 2.75) is 18.9 Å². The van der Waals surface area contributed by atoms with Gasteiger partial charge in [0.2, 0.25) is 5.91 Å². The molecule has 8 nitrogen and oxygen atoms in total. The number of nitrogens with one attached hydrogen (secondary N) is 3. The molecule has 148 valence electrons. The number of amides is 3. The van der Waals surface area contributed by atoms with Gasteiger partial charge in [0, 0.05) is 31.6 Å². The van der Waals surface area contributed by atoms with E-state index in [0.29, 0.717) is 19.5 Å². The van der Waals surface area contributed by atoms with Crippen LogP contribution < -0.4 is 25.2 Å². The third-order valence-electron chi connectivity index (χ3n) is 5.04. The Hall–Kier alpha value is -2.32. The number of nitrogens with zero attached hydrogens (tertiary/aromatic N) is 1. The Kier molecular flexibility index (Phi) is 6.89. The highest BCUT2D eigenvalue weighted by molar-refractivity contribution is 5.96. The van der Waals surface area contributed by atoms with Crippen LogP contribution in [0.25, 0.3) is 0 Å². The number of hydrogen-bond donors (Lipinski definition) is 3. The van der Waals surface area contributed by atoms with Crippen LogP contribution in [0.4, 0.5) is 10.5 Å². The Labute approximate surface area is 159 Å². The minimum Gasteiger partial charge on any atom is -0.497 e. The van der Waals surface area contributed by atoms with E-state index < -0.39 is 0 Å². The summed E-state index contributed by atoms with van der Waals surface area (Å²) in [5.41, 5.74) is 0.819. The van der Waals surface area contributed by atoms with E-state index in [2.05, 4.69) is 10.6 Å². The molecule has 27 heavy (non-hydrogen) atoms. The Morgan fingerprint density at radius 2 is 2.04 bits per heavy atom. The maximum absolute atomic E-state index is 12.3. The van der Waals surface area contributed by atoms with Crippen molar-refractivity contribution in [3.05, 3.63) is 24.3 Å². The monoisotopic (exact) mass is 377 g/mol. The first-order chi connectivity index (χ1) is 13.2. The van der Waals surface area contributed by atoms with E-state index in [4.69, 9.17) is 9.47 Å². The number of ether oxygens (including phenoxy) is 2. The lowest BCUT2D eigenvalue weighted by atomic mass is 10.2. The molecule has 2 aliphatic rings. The summed E-state index contributed by atoms with van der Waals surface area (Å²) in [5.74, 6) is 0.764. The Morgan fingerprint density at radius 1 is 1.30 bits per heavy atom. The molecule has 2 heterocycles. The molecule has 8 heteroatoms. The fourth-order valence-corrected chi connectivity index (χ4v) is 3.50. The highest BCUT2D eigenvalue weighted by Gasteiger charge is 2.31. The fourth-order valence-electron chi connectivity index (χ4n) is 3.50. The summed E-state index contributed by atoms with van der Waals surface area (Å²) >= 11 is 0. The Balaban J connectivity index is 1.37. The van der Waals surface area contributed by atoms with Crippen molar-refractivity contribution in [2.24, 2.45) is 0 Å². The molecule has 0 aliphatic carbocycles. The first kappa shape index (κ1) is 19.4. The van der Waals surface area contributed by atoms with E-state index in [-0.39, 0.29) is 18.0 Å². The van der Waals surface area contributed by atoms with Gasteiger partial charge in [0.25, 0.3) is 0 Å². The van der Waals surface area contributed by atoms with Crippen molar-refractivity contribution < 1.29 is 24.0 Å². The lowest BCUT2D eigenvalue weighted by molar-refractivity contribution is -0.908. The second-order valence-electron chi connectivity index (χ2n) is 6.97. The van der Waals surface area contributed by atoms with E-state index in [9.17, 15) is 9.59 Å². The quantitative estimate of drug-likeness (QED) is 0.555. The predicted molar refractivity (Wildman–Crippen MR) is 101 cm³/mol. The van der Waals surface area contributed by atoms with E-state index in [1.807, 2.05) is 24.3 Å². The molecule has 0 aromatic heterocycles. The smallest absolute Gasteiger partial charge is 0.315 e. The van der Waals surface area contributed by atoms with E-state index >= 15 is 0 Å². The zero-order valence-electron chi connectivity index (χ0n) is 15.8. The third kappa shape index (κ3) is 5.58. The van der Waals surface area contributed by atoms with Crippen molar-refractivity contribution >= 4 is 17.6 Å². The second-order valence-corrected chi connectivity index (χ2v) is 6.97. The number of urea groups is 1. The molecule has 0 unspecified atom stereocenters. The van der Waals surface area contributed by atoms with Crippen molar-refractivity contribution in [3.63, 3.8) is 0 Å². The molecule has 3 rings (SSSR count). The molecule has 1 atom stereocenters. The molecular formula is C19H29N4O4+. The van der Waals surface area contributed by atoms with Crippen LogP contribution in [-0.4, -0.2) is 71.0 Å². The summed E-state index contributed by atoms with van der Waals surface area (Å²) in [5, 5.41) is 5.80. The summed E-state index contributed by atoms with van der Waals surface area (Å²) in [6, 6.07) is 6.98. The number of rotatable bonds is 7. The number of quaternary nitrogens is 1. The predicted octanol–water partition coefficient (Wildman–Crippen LogP) is -0.595. The van der Waals surface area contributed by atoms with Crippen LogP contribution >= 0.6 is 0 Å². The average molecular weight is 377 g/mol. The lowest BCUT2D eigenvalue weighted by Crippen LogP contribution is -3.14. The summed E-state index contributed by atoms with van der Waals surface area (Å²) < 4.78 is 10.5. The van der Waals surface area contributed by atoms with Gasteiger partial charge in [0.15, 0.2) is 0 Å². The fraction of sp³-hybridized carbons (Fsp3) is 0.579. The molecule has 2 saturated heterocycles. The number of hydrogen-bond acceptors (Lipinski definition) is 4. The van der Waals surface area contributed by atoms with Gasteiger partial charge >= 0.3 is 6.03 Å². The maximum atomic E-state index is 12.3. The number of methoxy groups -OCH3 is 1. The van der Waals surface area contributed by atoms with Gasteiger partial charge in [-0.25, -0.2) is 4.79 Å². The first-order valence-corrected chi connectivity index (χ1v) is 9.56. The summed E-state index contributed by atoms with van der Waals surface area (Å²) in [7, 11) is 1.61. The third-order valence-corrected chi connectivity index (χ3v) is 5.04. The van der Waals surface area contributed by atoms with Crippen LogP contribution in [0.5, 0.6) is 5.75 Å². The molecule has 2 fully saturated rings. The molecule has 3 N–H and O–H groups in total. The van der Waals surface area contributed by atoms with Crippen LogP contribution in [0.15, 0.2) is 24.3 Å². The van der Waals surface area contributed by atoms with E-state index in [1.165, 1.54) is 4.90 Å². The molecule has 1 aromatic rings. The number of carbonyl (C=O) groups is 2. The Bertz CT molecular complexity index is 631. The molecule has 0 radical (unpaired) electrons.